The number of ether oxygens (including phenoxy) is 1. The lowest BCUT2D eigenvalue weighted by Crippen LogP contribution is -2.37. The highest BCUT2D eigenvalue weighted by atomic mass is 16.6. The van der Waals surface area contributed by atoms with Gasteiger partial charge in [0.05, 0.1) is 11.3 Å². The SMILES string of the molecule is CC(C)(C)OC(=O)NCC(=O)Nc1ccccc1C(=O)O. The molecule has 7 nitrogen and oxygen atoms in total. The summed E-state index contributed by atoms with van der Waals surface area (Å²) in [5.74, 6) is -1.69. The molecule has 0 unspecified atom stereocenters. The fourth-order valence-electron chi connectivity index (χ4n) is 1.44. The van der Waals surface area contributed by atoms with Crippen molar-refractivity contribution in [3.8, 4) is 0 Å². The van der Waals surface area contributed by atoms with E-state index in [9.17, 15) is 14.4 Å². The average Bonchev–Trinajstić information content (AvgIpc) is 2.35. The number of amides is 2. The Morgan fingerprint density at radius 1 is 1.19 bits per heavy atom. The molecule has 21 heavy (non-hydrogen) atoms. The highest BCUT2D eigenvalue weighted by molar-refractivity contribution is 6.01. The Morgan fingerprint density at radius 3 is 2.38 bits per heavy atom. The summed E-state index contributed by atoms with van der Waals surface area (Å²) in [6, 6.07) is 6.00. The first-order chi connectivity index (χ1) is 9.69. The van der Waals surface area contributed by atoms with Gasteiger partial charge in [-0.1, -0.05) is 12.1 Å². The number of rotatable bonds is 4. The number of para-hydroxylation sites is 1. The van der Waals surface area contributed by atoms with Gasteiger partial charge in [-0.25, -0.2) is 9.59 Å². The predicted molar refractivity (Wildman–Crippen MR) is 76.3 cm³/mol. The summed E-state index contributed by atoms with van der Waals surface area (Å²) in [4.78, 5) is 34.1. The predicted octanol–water partition coefficient (Wildman–Crippen LogP) is 1.85. The van der Waals surface area contributed by atoms with E-state index in [4.69, 9.17) is 9.84 Å². The normalized spacial score (nSPS) is 10.6. The van der Waals surface area contributed by atoms with Crippen molar-refractivity contribution in [1.82, 2.24) is 5.32 Å². The van der Waals surface area contributed by atoms with Crippen molar-refractivity contribution in [1.29, 1.82) is 0 Å². The summed E-state index contributed by atoms with van der Waals surface area (Å²) >= 11 is 0. The second-order valence-corrected chi connectivity index (χ2v) is 5.25. The van der Waals surface area contributed by atoms with E-state index >= 15 is 0 Å². The molecule has 0 saturated carbocycles. The van der Waals surface area contributed by atoms with E-state index in [1.807, 2.05) is 0 Å². The zero-order valence-corrected chi connectivity index (χ0v) is 12.1. The highest BCUT2D eigenvalue weighted by Gasteiger charge is 2.17. The van der Waals surface area contributed by atoms with E-state index in [0.29, 0.717) is 0 Å². The van der Waals surface area contributed by atoms with Gasteiger partial charge in [0.15, 0.2) is 0 Å². The van der Waals surface area contributed by atoms with E-state index in [0.717, 1.165) is 0 Å². The number of benzene rings is 1. The molecule has 2 amide bonds. The van der Waals surface area contributed by atoms with Gasteiger partial charge in [0, 0.05) is 0 Å². The standard InChI is InChI=1S/C14H18N2O5/c1-14(2,3)21-13(20)15-8-11(17)16-10-7-5-4-6-9(10)12(18)19/h4-7H,8H2,1-3H3,(H,15,20)(H,16,17)(H,18,19). The largest absolute Gasteiger partial charge is 0.478 e. The summed E-state index contributed by atoms with van der Waals surface area (Å²) in [6.07, 6.45) is -0.718. The number of carboxylic acid groups (broad SMARTS) is 1. The summed E-state index contributed by atoms with van der Waals surface area (Å²) in [5, 5.41) is 13.7. The third-order valence-corrected chi connectivity index (χ3v) is 2.22. The van der Waals surface area contributed by atoms with E-state index in [2.05, 4.69) is 10.6 Å². The first-order valence-corrected chi connectivity index (χ1v) is 6.28. The van der Waals surface area contributed by atoms with Crippen molar-refractivity contribution in [2.75, 3.05) is 11.9 Å². The maximum Gasteiger partial charge on any atom is 0.408 e. The van der Waals surface area contributed by atoms with Gasteiger partial charge in [0.2, 0.25) is 5.91 Å². The molecule has 1 aromatic carbocycles. The third-order valence-electron chi connectivity index (χ3n) is 2.22. The number of nitrogens with one attached hydrogen (secondary N) is 2. The molecule has 0 aliphatic carbocycles. The lowest BCUT2D eigenvalue weighted by Gasteiger charge is -2.19. The maximum atomic E-state index is 11.7. The van der Waals surface area contributed by atoms with Crippen LogP contribution in [0.15, 0.2) is 24.3 Å². The van der Waals surface area contributed by atoms with E-state index in [-0.39, 0.29) is 17.8 Å². The van der Waals surface area contributed by atoms with Crippen molar-refractivity contribution in [2.24, 2.45) is 0 Å². The number of hydrogen-bond donors (Lipinski definition) is 3. The van der Waals surface area contributed by atoms with Crippen molar-refractivity contribution >= 4 is 23.7 Å². The van der Waals surface area contributed by atoms with E-state index in [1.165, 1.54) is 12.1 Å². The Bertz CT molecular complexity index is 549. The first kappa shape index (κ1) is 16.5. The van der Waals surface area contributed by atoms with E-state index in [1.54, 1.807) is 32.9 Å². The number of aromatic carboxylic acids is 1. The minimum Gasteiger partial charge on any atom is -0.478 e. The molecule has 0 radical (unpaired) electrons. The topological polar surface area (TPSA) is 105 Å². The van der Waals surface area contributed by atoms with Crippen LogP contribution in [0.4, 0.5) is 10.5 Å². The molecule has 0 aliphatic heterocycles. The molecule has 7 heteroatoms. The zero-order chi connectivity index (χ0) is 16.0. The van der Waals surface area contributed by atoms with Crippen molar-refractivity contribution in [2.45, 2.75) is 26.4 Å². The monoisotopic (exact) mass is 294 g/mol. The summed E-state index contributed by atoms with van der Waals surface area (Å²) in [5.41, 5.74) is -0.514. The van der Waals surface area contributed by atoms with Gasteiger partial charge in [-0.2, -0.15) is 0 Å². The average molecular weight is 294 g/mol. The molecule has 0 aromatic heterocycles. The molecule has 114 valence electrons. The Labute approximate surface area is 122 Å². The summed E-state index contributed by atoms with van der Waals surface area (Å²) in [6.45, 7) is 4.80. The van der Waals surface area contributed by atoms with Crippen LogP contribution in [0, 0.1) is 0 Å². The van der Waals surface area contributed by atoms with Gasteiger partial charge in [-0.15, -0.1) is 0 Å². The number of anilines is 1. The Morgan fingerprint density at radius 2 is 1.81 bits per heavy atom. The highest BCUT2D eigenvalue weighted by Crippen LogP contribution is 2.14. The van der Waals surface area contributed by atoms with Gasteiger partial charge in [0.25, 0.3) is 0 Å². The van der Waals surface area contributed by atoms with Crippen molar-refractivity contribution in [3.63, 3.8) is 0 Å². The quantitative estimate of drug-likeness (QED) is 0.786. The third kappa shape index (κ3) is 5.94. The number of hydrogen-bond acceptors (Lipinski definition) is 4. The summed E-state index contributed by atoms with van der Waals surface area (Å²) < 4.78 is 4.98. The van der Waals surface area contributed by atoms with Crippen LogP contribution in [0.5, 0.6) is 0 Å². The number of carboxylic acids is 1. The van der Waals surface area contributed by atoms with Gasteiger partial charge in [-0.05, 0) is 32.9 Å². The molecule has 3 N–H and O–H groups in total. The van der Waals surface area contributed by atoms with E-state index < -0.39 is 23.6 Å². The van der Waals surface area contributed by atoms with Crippen molar-refractivity contribution < 1.29 is 24.2 Å². The number of carbonyl (C=O) groups is 3. The zero-order valence-electron chi connectivity index (χ0n) is 12.1. The molecule has 0 spiro atoms. The minimum absolute atomic E-state index is 0.0249. The van der Waals surface area contributed by atoms with Crippen molar-refractivity contribution in [3.05, 3.63) is 29.8 Å². The molecular weight excluding hydrogens is 276 g/mol. The van der Waals surface area contributed by atoms with Crippen LogP contribution in [0.3, 0.4) is 0 Å². The lowest BCUT2D eigenvalue weighted by atomic mass is 10.2. The molecule has 1 rings (SSSR count). The molecule has 0 aliphatic rings. The fraction of sp³-hybridized carbons (Fsp3) is 0.357. The molecular formula is C14H18N2O5. The maximum absolute atomic E-state index is 11.7. The molecule has 0 atom stereocenters. The Hall–Kier alpha value is -2.57. The fourth-order valence-corrected chi connectivity index (χ4v) is 1.44. The second kappa shape index (κ2) is 6.74. The molecule has 0 bridgehead atoms. The van der Waals surface area contributed by atoms with Crippen LogP contribution in [-0.2, 0) is 9.53 Å². The van der Waals surface area contributed by atoms with Crippen LogP contribution >= 0.6 is 0 Å². The second-order valence-electron chi connectivity index (χ2n) is 5.25. The smallest absolute Gasteiger partial charge is 0.408 e. The molecule has 0 saturated heterocycles. The van der Waals surface area contributed by atoms with Crippen LogP contribution < -0.4 is 10.6 Å². The van der Waals surface area contributed by atoms with Crippen LogP contribution in [0.25, 0.3) is 0 Å². The molecule has 1 aromatic rings. The van der Waals surface area contributed by atoms with Gasteiger partial charge in [0.1, 0.15) is 12.1 Å². The Balaban J connectivity index is 2.55. The van der Waals surface area contributed by atoms with Crippen LogP contribution in [0.1, 0.15) is 31.1 Å². The van der Waals surface area contributed by atoms with Gasteiger partial charge in [-0.3, -0.25) is 4.79 Å². The minimum atomic E-state index is -1.15. The lowest BCUT2D eigenvalue weighted by molar-refractivity contribution is -0.115. The van der Waals surface area contributed by atoms with Crippen LogP contribution in [0.2, 0.25) is 0 Å². The van der Waals surface area contributed by atoms with Crippen LogP contribution in [-0.4, -0.2) is 35.2 Å². The number of alkyl carbamates (subject to hydrolysis) is 1. The van der Waals surface area contributed by atoms with Gasteiger partial charge < -0.3 is 20.5 Å². The molecule has 0 heterocycles. The molecule has 0 fully saturated rings. The first-order valence-electron chi connectivity index (χ1n) is 6.28. The summed E-state index contributed by atoms with van der Waals surface area (Å²) in [7, 11) is 0. The number of carbonyl (C=O) groups excluding carboxylic acids is 2. The van der Waals surface area contributed by atoms with Gasteiger partial charge >= 0.3 is 12.1 Å². The Kier molecular flexibility index (Phi) is 5.29.